The molecule has 7 nitrogen and oxygen atoms in total. The monoisotopic (exact) mass is 465 g/mol. The number of benzene rings is 2. The van der Waals surface area contributed by atoms with Crippen LogP contribution in [-0.4, -0.2) is 37.0 Å². The lowest BCUT2D eigenvalue weighted by molar-refractivity contribution is -0.123. The van der Waals surface area contributed by atoms with Crippen LogP contribution < -0.4 is 10.6 Å². The Balaban J connectivity index is 2.20. The second-order valence-corrected chi connectivity index (χ2v) is 8.40. The first-order chi connectivity index (χ1) is 14.6. The molecule has 0 aromatic heterocycles. The maximum Gasteiger partial charge on any atom is 0.408 e. The predicted octanol–water partition coefficient (Wildman–Crippen LogP) is 4.73. The van der Waals surface area contributed by atoms with E-state index in [2.05, 4.69) is 15.8 Å². The number of alkyl carbamates (subject to hydrolysis) is 1. The topological polar surface area (TPSA) is 89.0 Å². The second kappa shape index (κ2) is 11.0. The number of carbonyl (C=O) groups is 2. The summed E-state index contributed by atoms with van der Waals surface area (Å²) in [6.07, 6.45) is -0.706. The van der Waals surface area contributed by atoms with Crippen molar-refractivity contribution in [2.45, 2.75) is 32.4 Å². The lowest BCUT2D eigenvalue weighted by Crippen LogP contribution is -2.43. The van der Waals surface area contributed by atoms with Gasteiger partial charge in [-0.15, -0.1) is 0 Å². The fourth-order valence-corrected chi connectivity index (χ4v) is 3.17. The van der Waals surface area contributed by atoms with Crippen LogP contribution in [0.5, 0.6) is 0 Å². The van der Waals surface area contributed by atoms with E-state index in [0.29, 0.717) is 26.9 Å². The highest BCUT2D eigenvalue weighted by molar-refractivity contribution is 6.37. The Hall–Kier alpha value is -2.77. The summed E-state index contributed by atoms with van der Waals surface area (Å²) in [6, 6.07) is 12.8. The van der Waals surface area contributed by atoms with E-state index in [9.17, 15) is 9.59 Å². The molecule has 0 aliphatic rings. The van der Waals surface area contributed by atoms with Crippen LogP contribution in [0.25, 0.3) is 0 Å². The van der Waals surface area contributed by atoms with E-state index in [1.54, 1.807) is 63.2 Å². The summed E-state index contributed by atoms with van der Waals surface area (Å²) in [4.78, 5) is 30.2. The standard InChI is InChI=1S/C22H25Cl2N3O4/c1-22(2,3)31-21(29)26-19(14-8-6-5-7-9-14)20(28)25-13-18(27-30-4)16-11-10-15(23)12-17(16)24/h5-12,19H,13H2,1-4H3,(H,25,28)(H,26,29). The number of nitrogens with one attached hydrogen (secondary N) is 2. The Kier molecular flexibility index (Phi) is 8.71. The Morgan fingerprint density at radius 3 is 2.35 bits per heavy atom. The van der Waals surface area contributed by atoms with Crippen LogP contribution in [0.1, 0.15) is 37.9 Å². The van der Waals surface area contributed by atoms with Crippen LogP contribution in [-0.2, 0) is 14.4 Å². The number of rotatable bonds is 7. The van der Waals surface area contributed by atoms with Crippen molar-refractivity contribution < 1.29 is 19.2 Å². The van der Waals surface area contributed by atoms with Crippen molar-refractivity contribution in [3.63, 3.8) is 0 Å². The molecule has 2 rings (SSSR count). The molecule has 0 heterocycles. The number of halogens is 2. The molecule has 0 saturated carbocycles. The third-order valence-corrected chi connectivity index (χ3v) is 4.48. The number of oxime groups is 1. The van der Waals surface area contributed by atoms with Crippen LogP contribution in [0, 0.1) is 0 Å². The number of carbonyl (C=O) groups excluding carboxylic acids is 2. The van der Waals surface area contributed by atoms with Gasteiger partial charge in [-0.3, -0.25) is 4.79 Å². The van der Waals surface area contributed by atoms with Gasteiger partial charge >= 0.3 is 6.09 Å². The Morgan fingerprint density at radius 1 is 1.10 bits per heavy atom. The van der Waals surface area contributed by atoms with Crippen LogP contribution >= 0.6 is 23.2 Å². The van der Waals surface area contributed by atoms with Crippen molar-refractivity contribution in [1.82, 2.24) is 10.6 Å². The average molecular weight is 466 g/mol. The van der Waals surface area contributed by atoms with Crippen LogP contribution in [0.15, 0.2) is 53.7 Å². The van der Waals surface area contributed by atoms with E-state index in [1.165, 1.54) is 7.11 Å². The van der Waals surface area contributed by atoms with E-state index in [1.807, 2.05) is 6.07 Å². The second-order valence-electron chi connectivity index (χ2n) is 7.55. The summed E-state index contributed by atoms with van der Waals surface area (Å²) in [5.74, 6) is -0.453. The summed E-state index contributed by atoms with van der Waals surface area (Å²) in [5, 5.41) is 10.2. The highest BCUT2D eigenvalue weighted by atomic mass is 35.5. The molecular weight excluding hydrogens is 441 g/mol. The minimum atomic E-state index is -0.972. The number of ether oxygens (including phenoxy) is 1. The van der Waals surface area contributed by atoms with Gasteiger partial charge in [0.2, 0.25) is 5.91 Å². The molecule has 0 bridgehead atoms. The van der Waals surface area contributed by atoms with Gasteiger partial charge in [0.05, 0.1) is 11.6 Å². The molecule has 9 heteroatoms. The van der Waals surface area contributed by atoms with Gasteiger partial charge in [-0.25, -0.2) is 4.79 Å². The maximum atomic E-state index is 13.0. The number of amides is 2. The molecule has 0 aliphatic heterocycles. The van der Waals surface area contributed by atoms with Crippen molar-refractivity contribution in [3.05, 3.63) is 69.7 Å². The SMILES string of the molecule is CON=C(CNC(=O)C(NC(=O)OC(C)(C)C)c1ccccc1)c1ccc(Cl)cc1Cl. The zero-order valence-electron chi connectivity index (χ0n) is 17.7. The lowest BCUT2D eigenvalue weighted by atomic mass is 10.1. The summed E-state index contributed by atoms with van der Waals surface area (Å²) in [6.45, 7) is 5.24. The molecule has 0 saturated heterocycles. The zero-order chi connectivity index (χ0) is 23.0. The smallest absolute Gasteiger partial charge is 0.408 e. The number of hydrogen-bond donors (Lipinski definition) is 2. The van der Waals surface area contributed by atoms with Crippen LogP contribution in [0.2, 0.25) is 10.0 Å². The molecule has 0 radical (unpaired) electrons. The van der Waals surface area contributed by atoms with Gasteiger partial charge in [0, 0.05) is 10.6 Å². The first-order valence-electron chi connectivity index (χ1n) is 9.48. The molecule has 0 spiro atoms. The van der Waals surface area contributed by atoms with E-state index < -0.39 is 23.6 Å². The fraction of sp³-hybridized carbons (Fsp3) is 0.318. The van der Waals surface area contributed by atoms with E-state index in [-0.39, 0.29) is 6.54 Å². The van der Waals surface area contributed by atoms with Crippen molar-refractivity contribution in [2.75, 3.05) is 13.7 Å². The normalized spacial score (nSPS) is 12.6. The van der Waals surface area contributed by atoms with Crippen LogP contribution in [0.4, 0.5) is 4.79 Å². The molecule has 2 amide bonds. The summed E-state index contributed by atoms with van der Waals surface area (Å²) in [5.41, 5.74) is 0.845. The third kappa shape index (κ3) is 7.77. The minimum Gasteiger partial charge on any atom is -0.444 e. The van der Waals surface area contributed by atoms with Crippen molar-refractivity contribution in [1.29, 1.82) is 0 Å². The molecule has 31 heavy (non-hydrogen) atoms. The Labute approximate surface area is 191 Å². The van der Waals surface area contributed by atoms with Crippen molar-refractivity contribution in [3.8, 4) is 0 Å². The van der Waals surface area contributed by atoms with Gasteiger partial charge in [-0.05, 0) is 44.5 Å². The van der Waals surface area contributed by atoms with Gasteiger partial charge in [-0.1, -0.05) is 58.7 Å². The first kappa shape index (κ1) is 24.5. The number of nitrogens with zero attached hydrogens (tertiary/aromatic N) is 1. The summed E-state index contributed by atoms with van der Waals surface area (Å²) in [7, 11) is 1.39. The highest BCUT2D eigenvalue weighted by Crippen LogP contribution is 2.22. The minimum absolute atomic E-state index is 0.00730. The summed E-state index contributed by atoms with van der Waals surface area (Å²) < 4.78 is 5.30. The number of hydrogen-bond acceptors (Lipinski definition) is 5. The summed E-state index contributed by atoms with van der Waals surface area (Å²) >= 11 is 12.2. The zero-order valence-corrected chi connectivity index (χ0v) is 19.3. The fourth-order valence-electron chi connectivity index (χ4n) is 2.65. The van der Waals surface area contributed by atoms with Gasteiger partial charge in [0.25, 0.3) is 0 Å². The molecule has 166 valence electrons. The molecule has 2 N–H and O–H groups in total. The Bertz CT molecular complexity index is 944. The van der Waals surface area contributed by atoms with E-state index >= 15 is 0 Å². The van der Waals surface area contributed by atoms with E-state index in [0.717, 1.165) is 0 Å². The molecule has 2 aromatic rings. The largest absolute Gasteiger partial charge is 0.444 e. The molecular formula is C22H25Cl2N3O4. The molecule has 1 unspecified atom stereocenters. The first-order valence-corrected chi connectivity index (χ1v) is 10.2. The molecule has 1 atom stereocenters. The third-order valence-electron chi connectivity index (χ3n) is 3.93. The van der Waals surface area contributed by atoms with Gasteiger partial charge in [-0.2, -0.15) is 0 Å². The maximum absolute atomic E-state index is 13.0. The molecule has 0 fully saturated rings. The van der Waals surface area contributed by atoms with E-state index in [4.69, 9.17) is 32.8 Å². The quantitative estimate of drug-likeness (QED) is 0.456. The van der Waals surface area contributed by atoms with Crippen molar-refractivity contribution in [2.24, 2.45) is 5.16 Å². The predicted molar refractivity (Wildman–Crippen MR) is 122 cm³/mol. The highest BCUT2D eigenvalue weighted by Gasteiger charge is 2.26. The molecule has 2 aromatic carbocycles. The lowest BCUT2D eigenvalue weighted by Gasteiger charge is -2.23. The molecule has 0 aliphatic carbocycles. The Morgan fingerprint density at radius 2 is 1.77 bits per heavy atom. The van der Waals surface area contributed by atoms with Gasteiger partial charge in [0.1, 0.15) is 24.5 Å². The van der Waals surface area contributed by atoms with Crippen molar-refractivity contribution >= 4 is 40.9 Å². The van der Waals surface area contributed by atoms with Gasteiger partial charge < -0.3 is 20.2 Å². The van der Waals surface area contributed by atoms with Gasteiger partial charge in [0.15, 0.2) is 0 Å². The van der Waals surface area contributed by atoms with Crippen LogP contribution in [0.3, 0.4) is 0 Å². The average Bonchev–Trinajstić information content (AvgIpc) is 2.69.